The number of rotatable bonds is 0. The maximum absolute atomic E-state index is 5.16. The molecule has 0 aromatic carbocycles. The second-order valence-corrected chi connectivity index (χ2v) is 4.11. The molecule has 2 rings (SSSR count). The average Bonchev–Trinajstić information content (AvgIpc) is 2.47. The number of aromatic nitrogens is 2. The molecule has 3 heteroatoms. The van der Waals surface area contributed by atoms with Crippen molar-refractivity contribution < 1.29 is 4.42 Å². The Hall–Kier alpha value is -1.38. The third kappa shape index (κ3) is 1.41. The summed E-state index contributed by atoms with van der Waals surface area (Å²) in [6.07, 6.45) is 3.36. The van der Waals surface area contributed by atoms with Crippen LogP contribution in [0.4, 0.5) is 0 Å². The molecular weight excluding hydrogens is 164 g/mol. The lowest BCUT2D eigenvalue weighted by Gasteiger charge is -2.15. The van der Waals surface area contributed by atoms with Crippen LogP contribution in [0, 0.1) is 0 Å². The zero-order valence-corrected chi connectivity index (χ0v) is 8.03. The second kappa shape index (κ2) is 2.55. The SMILES string of the molecule is CC(C)(C)c1ncc2occc2n1. The number of furan rings is 1. The molecule has 3 nitrogen and oxygen atoms in total. The molecular formula is C10H12N2O. The molecule has 0 fully saturated rings. The van der Waals surface area contributed by atoms with Crippen molar-refractivity contribution in [2.75, 3.05) is 0 Å². The number of nitrogens with zero attached hydrogens (tertiary/aromatic N) is 2. The Labute approximate surface area is 76.8 Å². The highest BCUT2D eigenvalue weighted by atomic mass is 16.3. The van der Waals surface area contributed by atoms with Crippen LogP contribution in [-0.4, -0.2) is 9.97 Å². The van der Waals surface area contributed by atoms with E-state index in [9.17, 15) is 0 Å². The van der Waals surface area contributed by atoms with Crippen LogP contribution >= 0.6 is 0 Å². The molecule has 0 bridgehead atoms. The summed E-state index contributed by atoms with van der Waals surface area (Å²) >= 11 is 0. The van der Waals surface area contributed by atoms with Crippen molar-refractivity contribution in [3.8, 4) is 0 Å². The van der Waals surface area contributed by atoms with Crippen molar-refractivity contribution in [3.05, 3.63) is 24.4 Å². The van der Waals surface area contributed by atoms with Gasteiger partial charge >= 0.3 is 0 Å². The monoisotopic (exact) mass is 176 g/mol. The molecule has 0 saturated carbocycles. The summed E-state index contributed by atoms with van der Waals surface area (Å²) < 4.78 is 5.16. The predicted molar refractivity (Wildman–Crippen MR) is 50.5 cm³/mol. The molecule has 0 unspecified atom stereocenters. The number of hydrogen-bond acceptors (Lipinski definition) is 3. The van der Waals surface area contributed by atoms with Crippen LogP contribution in [0.5, 0.6) is 0 Å². The van der Waals surface area contributed by atoms with Gasteiger partial charge in [-0.05, 0) is 0 Å². The highest BCUT2D eigenvalue weighted by molar-refractivity contribution is 5.70. The molecule has 0 atom stereocenters. The van der Waals surface area contributed by atoms with Gasteiger partial charge in [0.15, 0.2) is 5.58 Å². The smallest absolute Gasteiger partial charge is 0.170 e. The van der Waals surface area contributed by atoms with E-state index in [1.54, 1.807) is 12.5 Å². The highest BCUT2D eigenvalue weighted by Gasteiger charge is 2.17. The zero-order valence-electron chi connectivity index (χ0n) is 8.03. The van der Waals surface area contributed by atoms with Crippen molar-refractivity contribution in [1.29, 1.82) is 0 Å². The van der Waals surface area contributed by atoms with Crippen LogP contribution in [0.25, 0.3) is 11.1 Å². The molecule has 0 amide bonds. The predicted octanol–water partition coefficient (Wildman–Crippen LogP) is 2.52. The second-order valence-electron chi connectivity index (χ2n) is 4.11. The normalized spacial score (nSPS) is 12.2. The van der Waals surface area contributed by atoms with Gasteiger partial charge in [0.2, 0.25) is 0 Å². The Bertz CT molecular complexity index is 426. The molecule has 13 heavy (non-hydrogen) atoms. The quantitative estimate of drug-likeness (QED) is 0.619. The van der Waals surface area contributed by atoms with Crippen molar-refractivity contribution >= 4 is 11.1 Å². The van der Waals surface area contributed by atoms with E-state index in [-0.39, 0.29) is 5.41 Å². The van der Waals surface area contributed by atoms with Gasteiger partial charge in [-0.2, -0.15) is 0 Å². The van der Waals surface area contributed by atoms with Gasteiger partial charge in [0.05, 0.1) is 12.5 Å². The van der Waals surface area contributed by atoms with Gasteiger partial charge in [-0.1, -0.05) is 20.8 Å². The van der Waals surface area contributed by atoms with Gasteiger partial charge in [-0.3, -0.25) is 0 Å². The van der Waals surface area contributed by atoms with Gasteiger partial charge in [0.1, 0.15) is 11.3 Å². The van der Waals surface area contributed by atoms with Gasteiger partial charge in [-0.15, -0.1) is 0 Å². The minimum absolute atomic E-state index is 0.00847. The summed E-state index contributed by atoms with van der Waals surface area (Å²) in [6.45, 7) is 6.27. The van der Waals surface area contributed by atoms with Crippen LogP contribution in [-0.2, 0) is 5.41 Å². The average molecular weight is 176 g/mol. The summed E-state index contributed by atoms with van der Waals surface area (Å²) in [5.41, 5.74) is 1.61. The van der Waals surface area contributed by atoms with Gasteiger partial charge < -0.3 is 4.42 Å². The minimum Gasteiger partial charge on any atom is -0.461 e. The maximum Gasteiger partial charge on any atom is 0.170 e. The summed E-state index contributed by atoms with van der Waals surface area (Å²) in [6, 6.07) is 1.85. The molecule has 2 aromatic rings. The third-order valence-electron chi connectivity index (χ3n) is 1.87. The highest BCUT2D eigenvalue weighted by Crippen LogP contribution is 2.20. The number of hydrogen-bond donors (Lipinski definition) is 0. The lowest BCUT2D eigenvalue weighted by Crippen LogP contribution is -2.15. The Morgan fingerprint density at radius 1 is 1.31 bits per heavy atom. The first-order valence-electron chi connectivity index (χ1n) is 4.28. The van der Waals surface area contributed by atoms with Crippen molar-refractivity contribution in [3.63, 3.8) is 0 Å². The van der Waals surface area contributed by atoms with Crippen LogP contribution in [0.15, 0.2) is 22.9 Å². The maximum atomic E-state index is 5.16. The molecule has 0 N–H and O–H groups in total. The molecule has 68 valence electrons. The molecule has 0 aliphatic heterocycles. The van der Waals surface area contributed by atoms with E-state index in [4.69, 9.17) is 4.42 Å². The molecule has 0 aliphatic carbocycles. The van der Waals surface area contributed by atoms with Crippen LogP contribution in [0.2, 0.25) is 0 Å². The lowest BCUT2D eigenvalue weighted by molar-refractivity contribution is 0.545. The van der Waals surface area contributed by atoms with Crippen LogP contribution in [0.3, 0.4) is 0 Å². The molecule has 2 heterocycles. The van der Waals surface area contributed by atoms with E-state index in [1.807, 2.05) is 6.07 Å². The van der Waals surface area contributed by atoms with Gasteiger partial charge in [0.25, 0.3) is 0 Å². The molecule has 0 aliphatic rings. The third-order valence-corrected chi connectivity index (χ3v) is 1.87. The Morgan fingerprint density at radius 3 is 2.77 bits per heavy atom. The molecule has 0 saturated heterocycles. The van der Waals surface area contributed by atoms with E-state index in [0.717, 1.165) is 16.9 Å². The van der Waals surface area contributed by atoms with Crippen LogP contribution in [0.1, 0.15) is 26.6 Å². The fourth-order valence-electron chi connectivity index (χ4n) is 1.13. The fourth-order valence-corrected chi connectivity index (χ4v) is 1.13. The van der Waals surface area contributed by atoms with E-state index in [2.05, 4.69) is 30.7 Å². The minimum atomic E-state index is -0.00847. The summed E-state index contributed by atoms with van der Waals surface area (Å²) in [5, 5.41) is 0. The first-order chi connectivity index (χ1) is 6.07. The lowest BCUT2D eigenvalue weighted by atomic mass is 9.96. The topological polar surface area (TPSA) is 38.9 Å². The summed E-state index contributed by atoms with van der Waals surface area (Å²) in [4.78, 5) is 8.65. The van der Waals surface area contributed by atoms with Gasteiger partial charge in [-0.25, -0.2) is 9.97 Å². The Balaban J connectivity index is 2.61. The van der Waals surface area contributed by atoms with Gasteiger partial charge in [0, 0.05) is 11.5 Å². The Morgan fingerprint density at radius 2 is 2.08 bits per heavy atom. The molecule has 0 spiro atoms. The Kier molecular flexibility index (Phi) is 1.62. The van der Waals surface area contributed by atoms with E-state index in [0.29, 0.717) is 0 Å². The first-order valence-corrected chi connectivity index (χ1v) is 4.28. The van der Waals surface area contributed by atoms with E-state index >= 15 is 0 Å². The van der Waals surface area contributed by atoms with Crippen molar-refractivity contribution in [2.45, 2.75) is 26.2 Å². The van der Waals surface area contributed by atoms with Crippen molar-refractivity contribution in [2.24, 2.45) is 0 Å². The van der Waals surface area contributed by atoms with E-state index < -0.39 is 0 Å². The number of fused-ring (bicyclic) bond motifs is 1. The van der Waals surface area contributed by atoms with E-state index in [1.165, 1.54) is 0 Å². The zero-order chi connectivity index (χ0) is 9.47. The standard InChI is InChI=1S/C10H12N2O/c1-10(2,3)9-11-6-8-7(12-9)4-5-13-8/h4-6H,1-3H3. The summed E-state index contributed by atoms with van der Waals surface area (Å²) in [7, 11) is 0. The molecule has 0 radical (unpaired) electrons. The largest absolute Gasteiger partial charge is 0.461 e. The molecule has 2 aromatic heterocycles. The summed E-state index contributed by atoms with van der Waals surface area (Å²) in [5.74, 6) is 0.849. The van der Waals surface area contributed by atoms with Crippen molar-refractivity contribution in [1.82, 2.24) is 9.97 Å². The first kappa shape index (κ1) is 8.23. The van der Waals surface area contributed by atoms with Crippen LogP contribution < -0.4 is 0 Å². The fraction of sp³-hybridized carbons (Fsp3) is 0.400.